The van der Waals surface area contributed by atoms with Crippen LogP contribution in [0.4, 0.5) is 0 Å². The van der Waals surface area contributed by atoms with Gasteiger partial charge in [-0.15, -0.1) is 24.0 Å². The molecule has 28 heavy (non-hydrogen) atoms. The van der Waals surface area contributed by atoms with Crippen LogP contribution in [0.15, 0.2) is 58.4 Å². The molecule has 0 aromatic heterocycles. The van der Waals surface area contributed by atoms with E-state index in [0.717, 1.165) is 37.5 Å². The van der Waals surface area contributed by atoms with Gasteiger partial charge in [-0.25, -0.2) is 8.42 Å². The van der Waals surface area contributed by atoms with Crippen molar-refractivity contribution in [3.05, 3.63) is 65.2 Å². The fraction of sp³-hybridized carbons (Fsp3) is 0.381. The topological polar surface area (TPSA) is 70.6 Å². The highest BCUT2D eigenvalue weighted by Crippen LogP contribution is 2.10. The van der Waals surface area contributed by atoms with Crippen molar-refractivity contribution in [2.45, 2.75) is 31.6 Å². The van der Waals surface area contributed by atoms with E-state index in [4.69, 9.17) is 0 Å². The molecule has 0 aliphatic rings. The molecule has 0 spiro atoms. The Balaban J connectivity index is 0.00000392. The zero-order valence-electron chi connectivity index (χ0n) is 16.7. The molecule has 154 valence electrons. The number of halogens is 1. The smallest absolute Gasteiger partial charge is 0.191 e. The summed E-state index contributed by atoms with van der Waals surface area (Å²) in [4.78, 5) is 4.95. The van der Waals surface area contributed by atoms with Gasteiger partial charge in [0.15, 0.2) is 15.8 Å². The first kappa shape index (κ1) is 24.4. The number of aryl methyl sites for hydroxylation is 1. The van der Waals surface area contributed by atoms with Crippen molar-refractivity contribution in [1.82, 2.24) is 10.6 Å². The quantitative estimate of drug-likeness (QED) is 0.322. The third kappa shape index (κ3) is 8.60. The third-order valence-corrected chi connectivity index (χ3v) is 5.28. The lowest BCUT2D eigenvalue weighted by atomic mass is 10.1. The van der Waals surface area contributed by atoms with Crippen LogP contribution < -0.4 is 10.6 Å². The normalized spacial score (nSPS) is 11.6. The van der Waals surface area contributed by atoms with Crippen LogP contribution in [0, 0.1) is 6.92 Å². The molecule has 2 aromatic rings. The first-order chi connectivity index (χ1) is 12.9. The minimum atomic E-state index is -3.14. The van der Waals surface area contributed by atoms with Gasteiger partial charge in [-0.05, 0) is 49.9 Å². The summed E-state index contributed by atoms with van der Waals surface area (Å²) in [5, 5.41) is 6.62. The van der Waals surface area contributed by atoms with Crippen LogP contribution in [0.2, 0.25) is 0 Å². The summed E-state index contributed by atoms with van der Waals surface area (Å²) in [5.41, 5.74) is 3.65. The number of benzene rings is 2. The molecule has 2 aromatic carbocycles. The van der Waals surface area contributed by atoms with E-state index in [2.05, 4.69) is 46.8 Å². The highest BCUT2D eigenvalue weighted by molar-refractivity contribution is 14.0. The molecular formula is C21H30IN3O2S. The number of rotatable bonds is 8. The number of nitrogens with one attached hydrogen (secondary N) is 2. The van der Waals surface area contributed by atoms with Gasteiger partial charge in [0, 0.05) is 25.9 Å². The van der Waals surface area contributed by atoms with Crippen molar-refractivity contribution in [2.75, 3.05) is 25.9 Å². The van der Waals surface area contributed by atoms with Crippen molar-refractivity contribution in [3.63, 3.8) is 0 Å². The van der Waals surface area contributed by atoms with E-state index in [1.807, 2.05) is 19.1 Å². The summed E-state index contributed by atoms with van der Waals surface area (Å²) in [5.74, 6) is 0.804. The van der Waals surface area contributed by atoms with E-state index >= 15 is 0 Å². The maximum absolute atomic E-state index is 11.5. The summed E-state index contributed by atoms with van der Waals surface area (Å²) >= 11 is 0. The van der Waals surface area contributed by atoms with Gasteiger partial charge in [-0.2, -0.15) is 0 Å². The zero-order chi connectivity index (χ0) is 19.7. The maximum Gasteiger partial charge on any atom is 0.191 e. The average Bonchev–Trinajstić information content (AvgIpc) is 2.61. The Hall–Kier alpha value is -1.61. The molecule has 0 bridgehead atoms. The SMILES string of the molecule is CCNC(=NCCc1ccc(S(C)(=O)=O)cc1)NCCc1cccc(C)c1.I. The number of guanidine groups is 1. The third-order valence-electron chi connectivity index (χ3n) is 4.15. The van der Waals surface area contributed by atoms with Gasteiger partial charge in [0.25, 0.3) is 0 Å². The first-order valence-electron chi connectivity index (χ1n) is 9.25. The Morgan fingerprint density at radius 3 is 2.32 bits per heavy atom. The van der Waals surface area contributed by atoms with E-state index in [-0.39, 0.29) is 24.0 Å². The molecule has 0 radical (unpaired) electrons. The second-order valence-electron chi connectivity index (χ2n) is 6.59. The largest absolute Gasteiger partial charge is 0.357 e. The molecule has 0 amide bonds. The van der Waals surface area contributed by atoms with Crippen molar-refractivity contribution < 1.29 is 8.42 Å². The van der Waals surface area contributed by atoms with Crippen molar-refractivity contribution in [1.29, 1.82) is 0 Å². The van der Waals surface area contributed by atoms with E-state index < -0.39 is 9.84 Å². The number of hydrogen-bond donors (Lipinski definition) is 2. The summed E-state index contributed by atoms with van der Waals surface area (Å²) in [6.07, 6.45) is 2.93. The van der Waals surface area contributed by atoms with Gasteiger partial charge in [0.1, 0.15) is 0 Å². The summed E-state index contributed by atoms with van der Waals surface area (Å²) in [6.45, 7) is 6.41. The molecule has 0 atom stereocenters. The molecule has 2 N–H and O–H groups in total. The van der Waals surface area contributed by atoms with E-state index in [1.165, 1.54) is 17.4 Å². The summed E-state index contributed by atoms with van der Waals surface area (Å²) < 4.78 is 23.0. The maximum atomic E-state index is 11.5. The Morgan fingerprint density at radius 1 is 1.00 bits per heavy atom. The van der Waals surface area contributed by atoms with Crippen LogP contribution >= 0.6 is 24.0 Å². The second kappa shape index (κ2) is 12.1. The fourth-order valence-corrected chi connectivity index (χ4v) is 3.37. The number of nitrogens with zero attached hydrogens (tertiary/aromatic N) is 1. The first-order valence-corrected chi connectivity index (χ1v) is 11.1. The number of sulfone groups is 1. The molecule has 0 saturated heterocycles. The molecule has 0 aliphatic heterocycles. The monoisotopic (exact) mass is 515 g/mol. The van der Waals surface area contributed by atoms with E-state index in [0.29, 0.717) is 11.4 Å². The van der Waals surface area contributed by atoms with Crippen molar-refractivity contribution in [3.8, 4) is 0 Å². The molecule has 0 heterocycles. The lowest BCUT2D eigenvalue weighted by molar-refractivity contribution is 0.602. The van der Waals surface area contributed by atoms with Crippen LogP contribution in [0.1, 0.15) is 23.6 Å². The van der Waals surface area contributed by atoms with Crippen molar-refractivity contribution in [2.24, 2.45) is 4.99 Å². The lowest BCUT2D eigenvalue weighted by Gasteiger charge is -2.11. The van der Waals surface area contributed by atoms with Gasteiger partial charge in [0.2, 0.25) is 0 Å². The Bertz CT molecular complexity index is 865. The minimum absolute atomic E-state index is 0. The van der Waals surface area contributed by atoms with Crippen LogP contribution in [-0.4, -0.2) is 40.3 Å². The molecule has 0 saturated carbocycles. The molecule has 7 heteroatoms. The second-order valence-corrected chi connectivity index (χ2v) is 8.61. The van der Waals surface area contributed by atoms with E-state index in [9.17, 15) is 8.42 Å². The Labute approximate surface area is 186 Å². The Morgan fingerprint density at radius 2 is 1.71 bits per heavy atom. The molecule has 0 aliphatic carbocycles. The molecule has 2 rings (SSSR count). The lowest BCUT2D eigenvalue weighted by Crippen LogP contribution is -2.38. The zero-order valence-corrected chi connectivity index (χ0v) is 19.9. The van der Waals surface area contributed by atoms with Gasteiger partial charge in [-0.1, -0.05) is 42.0 Å². The van der Waals surface area contributed by atoms with Crippen LogP contribution in [0.3, 0.4) is 0 Å². The van der Waals surface area contributed by atoms with Gasteiger partial charge >= 0.3 is 0 Å². The Kier molecular flexibility index (Phi) is 10.5. The van der Waals surface area contributed by atoms with E-state index in [1.54, 1.807) is 12.1 Å². The average molecular weight is 515 g/mol. The predicted molar refractivity (Wildman–Crippen MR) is 128 cm³/mol. The summed E-state index contributed by atoms with van der Waals surface area (Å²) in [7, 11) is -3.14. The highest BCUT2D eigenvalue weighted by Gasteiger charge is 2.06. The standard InChI is InChI=1S/C21H29N3O2S.HI/c1-4-22-21(24-15-13-19-7-5-6-17(2)16-19)23-14-12-18-8-10-20(11-9-18)27(3,25)26;/h5-11,16H,4,12-15H2,1-3H3,(H2,22,23,24);1H. The predicted octanol–water partition coefficient (Wildman–Crippen LogP) is 3.36. The van der Waals surface area contributed by atoms with Gasteiger partial charge in [0.05, 0.1) is 4.90 Å². The minimum Gasteiger partial charge on any atom is -0.357 e. The van der Waals surface area contributed by atoms with Crippen molar-refractivity contribution >= 4 is 39.8 Å². The fourth-order valence-electron chi connectivity index (χ4n) is 2.73. The van der Waals surface area contributed by atoms with Crippen LogP contribution in [0.5, 0.6) is 0 Å². The van der Waals surface area contributed by atoms with Gasteiger partial charge < -0.3 is 10.6 Å². The molecule has 0 unspecified atom stereocenters. The number of aliphatic imine (C=N–C) groups is 1. The molecule has 0 fully saturated rings. The molecule has 5 nitrogen and oxygen atoms in total. The van der Waals surface area contributed by atoms with Crippen LogP contribution in [-0.2, 0) is 22.7 Å². The molecular weight excluding hydrogens is 485 g/mol. The highest BCUT2D eigenvalue weighted by atomic mass is 127. The number of hydrogen-bond acceptors (Lipinski definition) is 3. The van der Waals surface area contributed by atoms with Crippen LogP contribution in [0.25, 0.3) is 0 Å². The van der Waals surface area contributed by atoms with Gasteiger partial charge in [-0.3, -0.25) is 4.99 Å². The summed E-state index contributed by atoms with van der Waals surface area (Å²) in [6, 6.07) is 15.5.